The summed E-state index contributed by atoms with van der Waals surface area (Å²) in [5.41, 5.74) is 4.43. The quantitative estimate of drug-likeness (QED) is 0.907. The molecule has 3 nitrogen and oxygen atoms in total. The van der Waals surface area contributed by atoms with E-state index in [9.17, 15) is 0 Å². The van der Waals surface area contributed by atoms with Crippen molar-refractivity contribution in [2.45, 2.75) is 13.5 Å². The molecule has 2 aromatic rings. The van der Waals surface area contributed by atoms with Crippen LogP contribution >= 0.6 is 11.6 Å². The molecule has 0 fully saturated rings. The first-order valence-electron chi connectivity index (χ1n) is 5.55. The van der Waals surface area contributed by atoms with Gasteiger partial charge >= 0.3 is 0 Å². The van der Waals surface area contributed by atoms with Gasteiger partial charge in [0.05, 0.1) is 6.20 Å². The Hall–Kier alpha value is -1.32. The monoisotopic (exact) mass is 249 g/mol. The number of aryl methyl sites for hydroxylation is 1. The van der Waals surface area contributed by atoms with Gasteiger partial charge in [-0.05, 0) is 25.6 Å². The Morgan fingerprint density at radius 3 is 2.65 bits per heavy atom. The molecule has 0 aliphatic rings. The van der Waals surface area contributed by atoms with Crippen molar-refractivity contribution in [1.82, 2.24) is 15.1 Å². The minimum atomic E-state index is 0.772. The number of benzene rings is 1. The van der Waals surface area contributed by atoms with Crippen LogP contribution in [-0.4, -0.2) is 16.8 Å². The number of nitrogens with one attached hydrogen (secondary N) is 1. The van der Waals surface area contributed by atoms with Crippen molar-refractivity contribution in [3.05, 3.63) is 40.7 Å². The average Bonchev–Trinajstić information content (AvgIpc) is 2.61. The van der Waals surface area contributed by atoms with Gasteiger partial charge in [-0.2, -0.15) is 5.10 Å². The van der Waals surface area contributed by atoms with Crippen LogP contribution in [0, 0.1) is 6.92 Å². The summed E-state index contributed by atoms with van der Waals surface area (Å²) in [5.74, 6) is 0. The Kier molecular flexibility index (Phi) is 3.50. The third-order valence-electron chi connectivity index (χ3n) is 2.94. The standard InChI is InChI=1S/C13H16ClN3/c1-9-12(8-16-17(9)3)11-5-4-10(7-15-2)6-13(11)14/h4-6,8,15H,7H2,1-3H3. The van der Waals surface area contributed by atoms with Crippen molar-refractivity contribution in [2.75, 3.05) is 7.05 Å². The van der Waals surface area contributed by atoms with E-state index in [-0.39, 0.29) is 0 Å². The first-order valence-corrected chi connectivity index (χ1v) is 5.93. The Labute approximate surface area is 106 Å². The highest BCUT2D eigenvalue weighted by molar-refractivity contribution is 6.33. The van der Waals surface area contributed by atoms with Crippen LogP contribution in [0.4, 0.5) is 0 Å². The molecule has 1 aromatic heterocycles. The summed E-state index contributed by atoms with van der Waals surface area (Å²) in [6.07, 6.45) is 1.86. The lowest BCUT2D eigenvalue weighted by Gasteiger charge is -2.07. The molecule has 4 heteroatoms. The van der Waals surface area contributed by atoms with Crippen LogP contribution in [0.25, 0.3) is 11.1 Å². The summed E-state index contributed by atoms with van der Waals surface area (Å²) >= 11 is 6.32. The van der Waals surface area contributed by atoms with E-state index in [0.29, 0.717) is 0 Å². The molecule has 0 radical (unpaired) electrons. The highest BCUT2D eigenvalue weighted by Crippen LogP contribution is 2.30. The minimum absolute atomic E-state index is 0.772. The lowest BCUT2D eigenvalue weighted by atomic mass is 10.0. The Bertz CT molecular complexity index is 531. The second-order valence-corrected chi connectivity index (χ2v) is 4.52. The maximum Gasteiger partial charge on any atom is 0.0571 e. The van der Waals surface area contributed by atoms with E-state index in [0.717, 1.165) is 28.4 Å². The smallest absolute Gasteiger partial charge is 0.0571 e. The molecule has 0 spiro atoms. The summed E-state index contributed by atoms with van der Waals surface area (Å²) in [4.78, 5) is 0. The topological polar surface area (TPSA) is 29.9 Å². The molecule has 0 aliphatic carbocycles. The van der Waals surface area contributed by atoms with Gasteiger partial charge in [-0.25, -0.2) is 0 Å². The van der Waals surface area contributed by atoms with E-state index >= 15 is 0 Å². The third-order valence-corrected chi connectivity index (χ3v) is 3.25. The van der Waals surface area contributed by atoms with Crippen molar-refractivity contribution in [3.63, 3.8) is 0 Å². The first kappa shape index (κ1) is 12.1. The van der Waals surface area contributed by atoms with Gasteiger partial charge in [-0.3, -0.25) is 4.68 Å². The highest BCUT2D eigenvalue weighted by atomic mass is 35.5. The van der Waals surface area contributed by atoms with E-state index in [1.54, 1.807) is 0 Å². The largest absolute Gasteiger partial charge is 0.316 e. The van der Waals surface area contributed by atoms with Gasteiger partial charge in [-0.15, -0.1) is 0 Å². The van der Waals surface area contributed by atoms with E-state index < -0.39 is 0 Å². The van der Waals surface area contributed by atoms with Crippen molar-refractivity contribution in [2.24, 2.45) is 7.05 Å². The fraction of sp³-hybridized carbons (Fsp3) is 0.308. The zero-order valence-electron chi connectivity index (χ0n) is 10.3. The summed E-state index contributed by atoms with van der Waals surface area (Å²) in [5, 5.41) is 8.12. The summed E-state index contributed by atoms with van der Waals surface area (Å²) in [6.45, 7) is 2.87. The van der Waals surface area contributed by atoms with Crippen molar-refractivity contribution in [1.29, 1.82) is 0 Å². The maximum absolute atomic E-state index is 6.32. The number of halogens is 1. The zero-order chi connectivity index (χ0) is 12.4. The van der Waals surface area contributed by atoms with Gasteiger partial charge in [-0.1, -0.05) is 23.7 Å². The number of aromatic nitrogens is 2. The molecule has 2 rings (SSSR count). The lowest BCUT2D eigenvalue weighted by Crippen LogP contribution is -2.04. The van der Waals surface area contributed by atoms with Gasteiger partial charge in [0, 0.05) is 35.4 Å². The Morgan fingerprint density at radius 2 is 2.12 bits per heavy atom. The number of hydrogen-bond acceptors (Lipinski definition) is 2. The van der Waals surface area contributed by atoms with Crippen molar-refractivity contribution >= 4 is 11.6 Å². The fourth-order valence-electron chi connectivity index (χ4n) is 1.85. The van der Waals surface area contributed by atoms with Crippen molar-refractivity contribution in [3.8, 4) is 11.1 Å². The lowest BCUT2D eigenvalue weighted by molar-refractivity contribution is 0.740. The second kappa shape index (κ2) is 4.90. The van der Waals surface area contributed by atoms with Gasteiger partial charge < -0.3 is 5.32 Å². The Morgan fingerprint density at radius 1 is 1.35 bits per heavy atom. The third kappa shape index (κ3) is 2.35. The molecule has 0 unspecified atom stereocenters. The predicted octanol–water partition coefficient (Wildman–Crippen LogP) is 2.77. The molecule has 0 amide bonds. The van der Waals surface area contributed by atoms with Gasteiger partial charge in [0.25, 0.3) is 0 Å². The zero-order valence-corrected chi connectivity index (χ0v) is 11.0. The molecular formula is C13H16ClN3. The molecule has 1 heterocycles. The van der Waals surface area contributed by atoms with Crippen LogP contribution in [0.5, 0.6) is 0 Å². The first-order chi connectivity index (χ1) is 8.13. The van der Waals surface area contributed by atoms with Gasteiger partial charge in [0.15, 0.2) is 0 Å². The SMILES string of the molecule is CNCc1ccc(-c2cnn(C)c2C)c(Cl)c1. The molecular weight excluding hydrogens is 234 g/mol. The van der Waals surface area contributed by atoms with E-state index in [4.69, 9.17) is 11.6 Å². The molecule has 1 aromatic carbocycles. The molecule has 17 heavy (non-hydrogen) atoms. The molecule has 0 saturated heterocycles. The van der Waals surface area contributed by atoms with Crippen LogP contribution in [0.15, 0.2) is 24.4 Å². The van der Waals surface area contributed by atoms with E-state index in [1.807, 2.05) is 38.0 Å². The summed E-state index contributed by atoms with van der Waals surface area (Å²) < 4.78 is 1.85. The molecule has 1 N–H and O–H groups in total. The molecule has 90 valence electrons. The van der Waals surface area contributed by atoms with Gasteiger partial charge in [0.1, 0.15) is 0 Å². The van der Waals surface area contributed by atoms with Crippen LogP contribution in [-0.2, 0) is 13.6 Å². The maximum atomic E-state index is 6.32. The number of nitrogens with zero attached hydrogens (tertiary/aromatic N) is 2. The predicted molar refractivity (Wildman–Crippen MR) is 71.2 cm³/mol. The highest BCUT2D eigenvalue weighted by Gasteiger charge is 2.10. The number of hydrogen-bond donors (Lipinski definition) is 1. The second-order valence-electron chi connectivity index (χ2n) is 4.11. The Balaban J connectivity index is 2.43. The van der Waals surface area contributed by atoms with Crippen molar-refractivity contribution < 1.29 is 0 Å². The van der Waals surface area contributed by atoms with E-state index in [2.05, 4.69) is 22.5 Å². The van der Waals surface area contributed by atoms with Crippen LogP contribution in [0.2, 0.25) is 5.02 Å². The van der Waals surface area contributed by atoms with Crippen LogP contribution < -0.4 is 5.32 Å². The van der Waals surface area contributed by atoms with Crippen LogP contribution in [0.1, 0.15) is 11.3 Å². The molecule has 0 saturated carbocycles. The molecule has 0 aliphatic heterocycles. The molecule has 0 atom stereocenters. The normalized spacial score (nSPS) is 10.8. The summed E-state index contributed by atoms with van der Waals surface area (Å²) in [6, 6.07) is 6.14. The van der Waals surface area contributed by atoms with E-state index in [1.165, 1.54) is 5.56 Å². The fourth-order valence-corrected chi connectivity index (χ4v) is 2.16. The average molecular weight is 250 g/mol. The minimum Gasteiger partial charge on any atom is -0.316 e. The van der Waals surface area contributed by atoms with Crippen LogP contribution in [0.3, 0.4) is 0 Å². The van der Waals surface area contributed by atoms with Gasteiger partial charge in [0.2, 0.25) is 0 Å². The summed E-state index contributed by atoms with van der Waals surface area (Å²) in [7, 11) is 3.86. The molecule has 0 bridgehead atoms. The number of rotatable bonds is 3.